The van der Waals surface area contributed by atoms with Crippen LogP contribution in [0.1, 0.15) is 21.7 Å². The van der Waals surface area contributed by atoms with Gasteiger partial charge < -0.3 is 9.55 Å². The minimum Gasteiger partial charge on any atom is -0.330 e. The van der Waals surface area contributed by atoms with Crippen molar-refractivity contribution in [2.75, 3.05) is 6.26 Å². The highest BCUT2D eigenvalue weighted by atomic mass is 32.2. The van der Waals surface area contributed by atoms with E-state index in [1.165, 1.54) is 42.1 Å². The van der Waals surface area contributed by atoms with Gasteiger partial charge in [0.15, 0.2) is 5.65 Å². The molecule has 5 heterocycles. The second kappa shape index (κ2) is 8.34. The number of hydrogen-bond donors (Lipinski definition) is 3. The van der Waals surface area contributed by atoms with E-state index in [1.54, 1.807) is 0 Å². The summed E-state index contributed by atoms with van der Waals surface area (Å²) in [6, 6.07) is 5.45. The number of carbonyl (C=O) groups is 1. The molecule has 0 radical (unpaired) electrons. The van der Waals surface area contributed by atoms with Gasteiger partial charge in [-0.15, -0.1) is 0 Å². The molecule has 1 amide bonds. The van der Waals surface area contributed by atoms with Gasteiger partial charge in [-0.25, -0.2) is 22.5 Å². The van der Waals surface area contributed by atoms with Gasteiger partial charge in [0.25, 0.3) is 11.5 Å². The SMILES string of the molecule is Cc1nc2c(-c3ccc[nH]c3=O)c(C(=O)NS(C)(=O)=O)n(Cc3cc4cn[nH]c4nc3F)c2cc1F. The van der Waals surface area contributed by atoms with Crippen molar-refractivity contribution in [3.05, 3.63) is 75.7 Å². The van der Waals surface area contributed by atoms with Crippen LogP contribution >= 0.6 is 0 Å². The van der Waals surface area contributed by atoms with Crippen molar-refractivity contribution in [2.45, 2.75) is 13.5 Å². The molecule has 0 bridgehead atoms. The molecular formula is C22H17F2N7O4S. The minimum absolute atomic E-state index is 0.00344. The van der Waals surface area contributed by atoms with Crippen LogP contribution in [0.4, 0.5) is 8.78 Å². The molecule has 0 aliphatic heterocycles. The molecule has 5 aromatic rings. The lowest BCUT2D eigenvalue weighted by atomic mass is 10.1. The van der Waals surface area contributed by atoms with Crippen LogP contribution in [0.15, 0.2) is 41.5 Å². The molecule has 3 N–H and O–H groups in total. The van der Waals surface area contributed by atoms with Gasteiger partial charge in [-0.3, -0.25) is 14.7 Å². The lowest BCUT2D eigenvalue weighted by Gasteiger charge is -2.12. The van der Waals surface area contributed by atoms with Crippen LogP contribution in [0.25, 0.3) is 33.2 Å². The summed E-state index contributed by atoms with van der Waals surface area (Å²) in [6.07, 6.45) is 3.59. The lowest BCUT2D eigenvalue weighted by Crippen LogP contribution is -2.32. The number of halogens is 2. The summed E-state index contributed by atoms with van der Waals surface area (Å²) >= 11 is 0. The highest BCUT2D eigenvalue weighted by Crippen LogP contribution is 2.34. The molecule has 0 atom stereocenters. The highest BCUT2D eigenvalue weighted by Gasteiger charge is 2.29. The molecule has 5 rings (SSSR count). The Balaban J connectivity index is 1.87. The first kappa shape index (κ1) is 23.3. The lowest BCUT2D eigenvalue weighted by molar-refractivity contribution is 0.0974. The number of H-pyrrole nitrogens is 2. The number of sulfonamides is 1. The third kappa shape index (κ3) is 4.00. The molecule has 5 aromatic heterocycles. The van der Waals surface area contributed by atoms with E-state index in [0.29, 0.717) is 5.39 Å². The predicted molar refractivity (Wildman–Crippen MR) is 126 cm³/mol. The van der Waals surface area contributed by atoms with Gasteiger partial charge in [-0.05, 0) is 25.1 Å². The fraction of sp³-hybridized carbons (Fsp3) is 0.136. The molecule has 0 fully saturated rings. The molecule has 14 heteroatoms. The fourth-order valence-corrected chi connectivity index (χ4v) is 4.43. The molecule has 36 heavy (non-hydrogen) atoms. The molecule has 0 unspecified atom stereocenters. The zero-order valence-corrected chi connectivity index (χ0v) is 19.6. The van der Waals surface area contributed by atoms with E-state index in [2.05, 4.69) is 25.1 Å². The average Bonchev–Trinajstić information content (AvgIpc) is 3.36. The smallest absolute Gasteiger partial charge is 0.282 e. The van der Waals surface area contributed by atoms with Crippen LogP contribution in [0.5, 0.6) is 0 Å². The van der Waals surface area contributed by atoms with Crippen LogP contribution in [0.3, 0.4) is 0 Å². The molecular weight excluding hydrogens is 496 g/mol. The first-order valence-corrected chi connectivity index (χ1v) is 12.3. The van der Waals surface area contributed by atoms with E-state index >= 15 is 0 Å². The summed E-state index contributed by atoms with van der Waals surface area (Å²) in [5.74, 6) is -2.71. The normalized spacial score (nSPS) is 11.9. The number of fused-ring (bicyclic) bond motifs is 2. The molecule has 184 valence electrons. The van der Waals surface area contributed by atoms with Crippen molar-refractivity contribution in [1.82, 2.24) is 34.4 Å². The largest absolute Gasteiger partial charge is 0.330 e. The molecule has 0 aliphatic carbocycles. The molecule has 11 nitrogen and oxygen atoms in total. The van der Waals surface area contributed by atoms with Crippen molar-refractivity contribution in [1.29, 1.82) is 0 Å². The maximum Gasteiger partial charge on any atom is 0.282 e. The van der Waals surface area contributed by atoms with Crippen LogP contribution in [-0.2, 0) is 16.6 Å². The Hall–Kier alpha value is -4.46. The van der Waals surface area contributed by atoms with Crippen LogP contribution in [-0.4, -0.2) is 50.3 Å². The maximum atomic E-state index is 14.9. The Kier molecular flexibility index (Phi) is 5.39. The van der Waals surface area contributed by atoms with E-state index in [1.807, 2.05) is 4.72 Å². The molecule has 0 saturated carbocycles. The zero-order chi connectivity index (χ0) is 25.8. The summed E-state index contributed by atoms with van der Waals surface area (Å²) in [5, 5.41) is 6.83. The van der Waals surface area contributed by atoms with Gasteiger partial charge in [0.1, 0.15) is 11.5 Å². The standard InChI is InChI=1S/C22H17F2N7O4S/c1-10-14(23)7-15-17(27-10)16(13-4-3-5-25-21(13)32)18(22(33)30-36(2,34)35)31(15)9-12-6-11-8-26-29-20(11)28-19(12)24/h3-8H,9H2,1-2H3,(H,25,32)(H,30,33)(H,26,28,29). The fourth-order valence-electron chi connectivity index (χ4n) is 4.00. The highest BCUT2D eigenvalue weighted by molar-refractivity contribution is 7.89. The summed E-state index contributed by atoms with van der Waals surface area (Å²) in [7, 11) is -4.05. The Bertz CT molecular complexity index is 1860. The molecule has 0 aliphatic rings. The second-order valence-corrected chi connectivity index (χ2v) is 9.84. The number of aromatic amines is 2. The first-order chi connectivity index (χ1) is 17.0. The third-order valence-corrected chi connectivity index (χ3v) is 6.08. The average molecular weight is 513 g/mol. The topological polar surface area (TPSA) is 155 Å². The summed E-state index contributed by atoms with van der Waals surface area (Å²) < 4.78 is 56.5. The van der Waals surface area contributed by atoms with E-state index < -0.39 is 33.3 Å². The van der Waals surface area contributed by atoms with Gasteiger partial charge in [-0.1, -0.05) is 0 Å². The Labute approximate surface area is 201 Å². The quantitative estimate of drug-likeness (QED) is 0.304. The van der Waals surface area contributed by atoms with Crippen molar-refractivity contribution in [3.63, 3.8) is 0 Å². The number of hydrogen-bond acceptors (Lipinski definition) is 7. The van der Waals surface area contributed by atoms with Gasteiger partial charge in [0, 0.05) is 28.8 Å². The minimum atomic E-state index is -4.05. The van der Waals surface area contributed by atoms with Gasteiger partial charge in [0.2, 0.25) is 16.0 Å². The molecule has 0 spiro atoms. The van der Waals surface area contributed by atoms with Crippen LogP contribution in [0, 0.1) is 18.7 Å². The van der Waals surface area contributed by atoms with E-state index in [0.717, 1.165) is 12.3 Å². The number of amides is 1. The van der Waals surface area contributed by atoms with Crippen molar-refractivity contribution in [2.24, 2.45) is 0 Å². The molecule has 0 aromatic carbocycles. The third-order valence-electron chi connectivity index (χ3n) is 5.53. The van der Waals surface area contributed by atoms with Gasteiger partial charge in [0.05, 0.1) is 41.3 Å². The summed E-state index contributed by atoms with van der Waals surface area (Å²) in [4.78, 5) is 36.6. The monoisotopic (exact) mass is 513 g/mol. The van der Waals surface area contributed by atoms with Gasteiger partial charge in [-0.2, -0.15) is 14.5 Å². The number of aromatic nitrogens is 6. The van der Waals surface area contributed by atoms with Crippen LogP contribution < -0.4 is 10.3 Å². The van der Waals surface area contributed by atoms with E-state index in [9.17, 15) is 26.8 Å². The van der Waals surface area contributed by atoms with E-state index in [-0.39, 0.29) is 51.3 Å². The number of nitrogens with one attached hydrogen (secondary N) is 3. The Morgan fingerprint density at radius 3 is 2.72 bits per heavy atom. The van der Waals surface area contributed by atoms with Crippen LogP contribution in [0.2, 0.25) is 0 Å². The first-order valence-electron chi connectivity index (χ1n) is 10.4. The zero-order valence-electron chi connectivity index (χ0n) is 18.8. The number of pyridine rings is 3. The summed E-state index contributed by atoms with van der Waals surface area (Å²) in [5.41, 5.74) is -0.680. The number of carbonyl (C=O) groups excluding carboxylic acids is 1. The van der Waals surface area contributed by atoms with E-state index in [4.69, 9.17) is 0 Å². The molecule has 0 saturated heterocycles. The second-order valence-electron chi connectivity index (χ2n) is 8.10. The maximum absolute atomic E-state index is 14.9. The van der Waals surface area contributed by atoms with Crippen molar-refractivity contribution in [3.8, 4) is 11.1 Å². The number of nitrogens with zero attached hydrogens (tertiary/aromatic N) is 4. The number of rotatable bonds is 5. The van der Waals surface area contributed by atoms with Gasteiger partial charge >= 0.3 is 0 Å². The van der Waals surface area contributed by atoms with Crippen molar-refractivity contribution < 1.29 is 22.0 Å². The Morgan fingerprint density at radius 1 is 1.22 bits per heavy atom. The summed E-state index contributed by atoms with van der Waals surface area (Å²) in [6.45, 7) is 1.04. The number of aryl methyl sites for hydroxylation is 1. The van der Waals surface area contributed by atoms with Crippen molar-refractivity contribution >= 4 is 38.0 Å². The Morgan fingerprint density at radius 2 is 2.00 bits per heavy atom. The predicted octanol–water partition coefficient (Wildman–Crippen LogP) is 1.99.